The Morgan fingerprint density at radius 1 is 1.33 bits per heavy atom. The van der Waals surface area contributed by atoms with Crippen molar-refractivity contribution in [3.8, 4) is 5.75 Å². The Kier molecular flexibility index (Phi) is 5.17. The Bertz CT molecular complexity index is 543. The van der Waals surface area contributed by atoms with Crippen LogP contribution in [0.25, 0.3) is 0 Å². The van der Waals surface area contributed by atoms with Gasteiger partial charge in [-0.25, -0.2) is 4.79 Å². The summed E-state index contributed by atoms with van der Waals surface area (Å²) in [5, 5.41) is 0. The summed E-state index contributed by atoms with van der Waals surface area (Å²) >= 11 is 0. The summed E-state index contributed by atoms with van der Waals surface area (Å²) in [4.78, 5) is 22.3. The lowest BCUT2D eigenvalue weighted by Gasteiger charge is -2.18. The number of amides is 1. The SMILES string of the molecule is CCOC(=O)C(C)Oc1ccc(C(N)=O)cc1C(F)(F)F. The lowest BCUT2D eigenvalue weighted by Crippen LogP contribution is -2.27. The van der Waals surface area contributed by atoms with Gasteiger partial charge in [0.1, 0.15) is 5.75 Å². The minimum atomic E-state index is -4.75. The molecule has 1 aromatic rings. The van der Waals surface area contributed by atoms with Gasteiger partial charge in [0.2, 0.25) is 5.91 Å². The molecule has 0 aliphatic carbocycles. The zero-order valence-electron chi connectivity index (χ0n) is 11.4. The largest absolute Gasteiger partial charge is 0.478 e. The molecule has 1 unspecified atom stereocenters. The molecule has 0 saturated carbocycles. The van der Waals surface area contributed by atoms with Gasteiger partial charge in [0.15, 0.2) is 6.10 Å². The Morgan fingerprint density at radius 2 is 1.95 bits per heavy atom. The predicted molar refractivity (Wildman–Crippen MR) is 66.7 cm³/mol. The molecule has 0 aromatic heterocycles. The zero-order chi connectivity index (χ0) is 16.2. The summed E-state index contributed by atoms with van der Waals surface area (Å²) in [6, 6.07) is 2.61. The van der Waals surface area contributed by atoms with E-state index in [1.165, 1.54) is 6.92 Å². The molecule has 116 valence electrons. The topological polar surface area (TPSA) is 78.6 Å². The van der Waals surface area contributed by atoms with Crippen LogP contribution >= 0.6 is 0 Å². The monoisotopic (exact) mass is 305 g/mol. The Balaban J connectivity index is 3.12. The van der Waals surface area contributed by atoms with Gasteiger partial charge in [-0.05, 0) is 32.0 Å². The highest BCUT2D eigenvalue weighted by Gasteiger charge is 2.36. The normalized spacial score (nSPS) is 12.6. The molecule has 0 aliphatic heterocycles. The molecule has 1 aromatic carbocycles. The lowest BCUT2D eigenvalue weighted by molar-refractivity contribution is -0.152. The van der Waals surface area contributed by atoms with Gasteiger partial charge in [-0.2, -0.15) is 13.2 Å². The number of hydrogen-bond acceptors (Lipinski definition) is 4. The Hall–Kier alpha value is -2.25. The van der Waals surface area contributed by atoms with Gasteiger partial charge in [-0.3, -0.25) is 4.79 Å². The van der Waals surface area contributed by atoms with E-state index < -0.39 is 35.5 Å². The molecule has 1 amide bonds. The molecule has 21 heavy (non-hydrogen) atoms. The van der Waals surface area contributed by atoms with Crippen molar-refractivity contribution in [3.05, 3.63) is 29.3 Å². The summed E-state index contributed by atoms with van der Waals surface area (Å²) < 4.78 is 48.4. The predicted octanol–water partition coefficient (Wildman–Crippen LogP) is 2.13. The van der Waals surface area contributed by atoms with Gasteiger partial charge >= 0.3 is 12.1 Å². The summed E-state index contributed by atoms with van der Waals surface area (Å²) in [6.45, 7) is 2.91. The number of hydrogen-bond donors (Lipinski definition) is 1. The van der Waals surface area contributed by atoms with Gasteiger partial charge in [-0.1, -0.05) is 0 Å². The van der Waals surface area contributed by atoms with Crippen molar-refractivity contribution in [2.45, 2.75) is 26.1 Å². The molecule has 0 spiro atoms. The average molecular weight is 305 g/mol. The van der Waals surface area contributed by atoms with E-state index in [9.17, 15) is 22.8 Å². The quantitative estimate of drug-likeness (QED) is 0.845. The maximum Gasteiger partial charge on any atom is 0.419 e. The van der Waals surface area contributed by atoms with E-state index in [1.54, 1.807) is 6.92 Å². The van der Waals surface area contributed by atoms with Crippen LogP contribution in [-0.4, -0.2) is 24.6 Å². The molecular weight excluding hydrogens is 291 g/mol. The summed E-state index contributed by atoms with van der Waals surface area (Å²) in [5.74, 6) is -2.36. The molecule has 0 heterocycles. The fourth-order valence-corrected chi connectivity index (χ4v) is 1.51. The number of primary amides is 1. The van der Waals surface area contributed by atoms with Gasteiger partial charge in [0.05, 0.1) is 12.2 Å². The third-order valence-corrected chi connectivity index (χ3v) is 2.49. The van der Waals surface area contributed by atoms with Crippen molar-refractivity contribution in [1.82, 2.24) is 0 Å². The van der Waals surface area contributed by atoms with Crippen LogP contribution in [0.15, 0.2) is 18.2 Å². The van der Waals surface area contributed by atoms with E-state index in [0.29, 0.717) is 6.07 Å². The van der Waals surface area contributed by atoms with Crippen LogP contribution in [0.3, 0.4) is 0 Å². The average Bonchev–Trinajstić information content (AvgIpc) is 2.37. The number of alkyl halides is 3. The lowest BCUT2D eigenvalue weighted by atomic mass is 10.1. The molecule has 0 saturated heterocycles. The van der Waals surface area contributed by atoms with Crippen LogP contribution in [-0.2, 0) is 15.7 Å². The van der Waals surface area contributed by atoms with Crippen LogP contribution < -0.4 is 10.5 Å². The number of carbonyl (C=O) groups is 2. The fourth-order valence-electron chi connectivity index (χ4n) is 1.51. The fraction of sp³-hybridized carbons (Fsp3) is 0.385. The summed E-state index contributed by atoms with van der Waals surface area (Å²) in [5.41, 5.74) is 3.45. The van der Waals surface area contributed by atoms with Crippen molar-refractivity contribution in [1.29, 1.82) is 0 Å². The number of nitrogens with two attached hydrogens (primary N) is 1. The van der Waals surface area contributed by atoms with Crippen LogP contribution in [0.5, 0.6) is 5.75 Å². The first-order chi connectivity index (χ1) is 9.66. The number of ether oxygens (including phenoxy) is 2. The van der Waals surface area contributed by atoms with E-state index in [4.69, 9.17) is 10.5 Å². The first-order valence-electron chi connectivity index (χ1n) is 6.01. The Labute approximate surface area is 118 Å². The highest BCUT2D eigenvalue weighted by Crippen LogP contribution is 2.37. The van der Waals surface area contributed by atoms with Gasteiger partial charge < -0.3 is 15.2 Å². The molecule has 0 aliphatic rings. The third kappa shape index (κ3) is 4.37. The first-order valence-corrected chi connectivity index (χ1v) is 6.01. The molecule has 0 fully saturated rings. The molecule has 1 rings (SSSR count). The molecule has 2 N–H and O–H groups in total. The van der Waals surface area contributed by atoms with Crippen molar-refractivity contribution in [2.24, 2.45) is 5.73 Å². The van der Waals surface area contributed by atoms with Crippen molar-refractivity contribution >= 4 is 11.9 Å². The number of rotatable bonds is 5. The van der Waals surface area contributed by atoms with Crippen LogP contribution in [0.4, 0.5) is 13.2 Å². The van der Waals surface area contributed by atoms with E-state index in [1.807, 2.05) is 0 Å². The second-order valence-electron chi connectivity index (χ2n) is 4.09. The van der Waals surface area contributed by atoms with E-state index in [2.05, 4.69) is 4.74 Å². The van der Waals surface area contributed by atoms with Crippen LogP contribution in [0.2, 0.25) is 0 Å². The summed E-state index contributed by atoms with van der Waals surface area (Å²) in [7, 11) is 0. The van der Waals surface area contributed by atoms with E-state index in [0.717, 1.165) is 12.1 Å². The molecule has 8 heteroatoms. The number of esters is 1. The van der Waals surface area contributed by atoms with Crippen LogP contribution in [0, 0.1) is 0 Å². The molecule has 1 atom stereocenters. The summed E-state index contributed by atoms with van der Waals surface area (Å²) in [6.07, 6.45) is -5.97. The smallest absolute Gasteiger partial charge is 0.419 e. The van der Waals surface area contributed by atoms with E-state index >= 15 is 0 Å². The van der Waals surface area contributed by atoms with Gasteiger partial charge in [-0.15, -0.1) is 0 Å². The first kappa shape index (κ1) is 16.8. The third-order valence-electron chi connectivity index (χ3n) is 2.49. The van der Waals surface area contributed by atoms with Crippen molar-refractivity contribution in [3.63, 3.8) is 0 Å². The standard InChI is InChI=1S/C13H14F3NO4/c1-3-20-12(19)7(2)21-10-5-4-8(11(17)18)6-9(10)13(14,15)16/h4-7H,3H2,1-2H3,(H2,17,18). The maximum atomic E-state index is 12.9. The number of carbonyl (C=O) groups excluding carboxylic acids is 2. The molecule has 5 nitrogen and oxygen atoms in total. The minimum absolute atomic E-state index is 0.0826. The minimum Gasteiger partial charge on any atom is -0.478 e. The Morgan fingerprint density at radius 3 is 2.43 bits per heavy atom. The van der Waals surface area contributed by atoms with Crippen molar-refractivity contribution < 1.29 is 32.2 Å². The van der Waals surface area contributed by atoms with Gasteiger partial charge in [0, 0.05) is 5.56 Å². The number of halogens is 3. The highest BCUT2D eigenvalue weighted by molar-refractivity contribution is 5.93. The van der Waals surface area contributed by atoms with E-state index in [-0.39, 0.29) is 12.2 Å². The maximum absolute atomic E-state index is 12.9. The number of benzene rings is 1. The van der Waals surface area contributed by atoms with Crippen molar-refractivity contribution in [2.75, 3.05) is 6.61 Å². The molecule has 0 radical (unpaired) electrons. The molecular formula is C13H14F3NO4. The zero-order valence-corrected chi connectivity index (χ0v) is 11.4. The van der Waals surface area contributed by atoms with Gasteiger partial charge in [0.25, 0.3) is 0 Å². The second-order valence-corrected chi connectivity index (χ2v) is 4.09. The second kappa shape index (κ2) is 6.47. The molecule has 0 bridgehead atoms. The van der Waals surface area contributed by atoms with Crippen LogP contribution in [0.1, 0.15) is 29.8 Å². The highest BCUT2D eigenvalue weighted by atomic mass is 19.4.